The molecule has 180 valence electrons. The normalized spacial score (nSPS) is 12.0. The second-order valence-electron chi connectivity index (χ2n) is 6.86. The van der Waals surface area contributed by atoms with Gasteiger partial charge in [0.05, 0.1) is 22.2 Å². The number of rotatable bonds is 8. The van der Waals surface area contributed by atoms with Gasteiger partial charge < -0.3 is 19.1 Å². The summed E-state index contributed by atoms with van der Waals surface area (Å²) in [7, 11) is -3.05. The number of aromatic nitrogens is 2. The van der Waals surface area contributed by atoms with Crippen molar-refractivity contribution in [3.05, 3.63) is 44.9 Å². The Labute approximate surface area is 194 Å². The van der Waals surface area contributed by atoms with Gasteiger partial charge in [-0.3, -0.25) is 24.5 Å². The predicted molar refractivity (Wildman–Crippen MR) is 118 cm³/mol. The van der Waals surface area contributed by atoms with Crippen LogP contribution in [0.1, 0.15) is 5.76 Å². The number of hydrogen-bond donors (Lipinski definition) is 1. The summed E-state index contributed by atoms with van der Waals surface area (Å²) >= 11 is 0.851. The first-order valence-electron chi connectivity index (χ1n) is 9.33. The van der Waals surface area contributed by atoms with E-state index in [1.807, 2.05) is 0 Å². The number of nitro benzene ring substituents is 1. The molecule has 0 radical (unpaired) electrons. The molecule has 14 nitrogen and oxygen atoms in total. The van der Waals surface area contributed by atoms with E-state index in [1.54, 1.807) is 6.92 Å². The summed E-state index contributed by atoms with van der Waals surface area (Å²) in [5.74, 6) is -4.34. The fraction of sp³-hybridized carbons (Fsp3) is 0.278. The number of thiazole rings is 1. The number of carbonyl (C=O) groups is 3. The number of esters is 1. The van der Waals surface area contributed by atoms with Gasteiger partial charge in [0.25, 0.3) is 11.6 Å². The Bertz CT molecular complexity index is 1470. The van der Waals surface area contributed by atoms with Crippen molar-refractivity contribution in [3.8, 4) is 0 Å². The molecule has 3 aromatic rings. The van der Waals surface area contributed by atoms with Crippen LogP contribution in [0, 0.1) is 17.0 Å². The van der Waals surface area contributed by atoms with E-state index >= 15 is 0 Å². The minimum Gasteiger partial charge on any atom is -0.468 e. The zero-order valence-corrected chi connectivity index (χ0v) is 19.3. The molecule has 2 aromatic heterocycles. The largest absolute Gasteiger partial charge is 0.468 e. The molecule has 2 amide bonds. The summed E-state index contributed by atoms with van der Waals surface area (Å²) in [4.78, 5) is 50.3. The summed E-state index contributed by atoms with van der Waals surface area (Å²) in [5, 5.41) is 16.8. The quantitative estimate of drug-likeness (QED) is 0.254. The summed E-state index contributed by atoms with van der Waals surface area (Å²) in [6.07, 6.45) is 0. The molecule has 16 heteroatoms. The number of benzene rings is 1. The summed E-state index contributed by atoms with van der Waals surface area (Å²) < 4.78 is 35.6. The number of nitro groups is 1. The zero-order chi connectivity index (χ0) is 25.0. The molecule has 1 aromatic carbocycles. The maximum Gasteiger partial charge on any atom is 0.325 e. The predicted octanol–water partition coefficient (Wildman–Crippen LogP) is 0.561. The minimum atomic E-state index is -4.20. The van der Waals surface area contributed by atoms with E-state index in [0.717, 1.165) is 18.4 Å². The van der Waals surface area contributed by atoms with Gasteiger partial charge in [-0.1, -0.05) is 16.5 Å². The average Bonchev–Trinajstić information content (AvgIpc) is 3.28. The average molecular weight is 511 g/mol. The second kappa shape index (κ2) is 9.92. The lowest BCUT2D eigenvalue weighted by molar-refractivity contribution is -0.384. The Morgan fingerprint density at radius 1 is 1.29 bits per heavy atom. The lowest BCUT2D eigenvalue weighted by Crippen LogP contribution is -2.28. The van der Waals surface area contributed by atoms with E-state index < -0.39 is 44.0 Å². The van der Waals surface area contributed by atoms with E-state index in [1.165, 1.54) is 28.8 Å². The number of sulfone groups is 1. The molecule has 0 unspecified atom stereocenters. The molecule has 0 spiro atoms. The van der Waals surface area contributed by atoms with Crippen molar-refractivity contribution in [1.82, 2.24) is 9.72 Å². The van der Waals surface area contributed by atoms with Gasteiger partial charge in [-0.25, -0.2) is 8.42 Å². The third kappa shape index (κ3) is 6.10. The maximum absolute atomic E-state index is 12.4. The standard InChI is InChI=1S/C18H17N5O9S2/c1-10-5-14(21-32-10)19-15(24)8-34(29,30)9-16(25)20-18-22(7-17(26)31-2)12-4-3-11(23(27)28)6-13(12)33-18/h3-6H,7-9H2,1-2H3,(H,19,21,24). The van der Waals surface area contributed by atoms with Crippen molar-refractivity contribution < 1.29 is 37.0 Å². The summed E-state index contributed by atoms with van der Waals surface area (Å²) in [6.45, 7) is 1.21. The van der Waals surface area contributed by atoms with Crippen LogP contribution in [-0.2, 0) is 35.5 Å². The molecular weight excluding hydrogens is 494 g/mol. The first-order chi connectivity index (χ1) is 16.0. The highest BCUT2D eigenvalue weighted by atomic mass is 32.2. The van der Waals surface area contributed by atoms with E-state index in [4.69, 9.17) is 4.52 Å². The number of hydrogen-bond acceptors (Lipinski definition) is 11. The van der Waals surface area contributed by atoms with Crippen molar-refractivity contribution in [3.63, 3.8) is 0 Å². The van der Waals surface area contributed by atoms with Crippen molar-refractivity contribution in [1.29, 1.82) is 0 Å². The Morgan fingerprint density at radius 2 is 2.03 bits per heavy atom. The number of methoxy groups -OCH3 is 1. The number of ether oxygens (including phenoxy) is 1. The third-order valence-corrected chi connectivity index (χ3v) is 6.63. The van der Waals surface area contributed by atoms with Gasteiger partial charge in [0, 0.05) is 18.2 Å². The zero-order valence-electron chi connectivity index (χ0n) is 17.7. The van der Waals surface area contributed by atoms with Crippen molar-refractivity contribution in [2.24, 2.45) is 4.99 Å². The molecule has 3 rings (SSSR count). The highest BCUT2D eigenvalue weighted by Gasteiger charge is 2.22. The molecule has 0 fully saturated rings. The van der Waals surface area contributed by atoms with Crippen molar-refractivity contribution in [2.75, 3.05) is 23.9 Å². The first kappa shape index (κ1) is 24.7. The van der Waals surface area contributed by atoms with Crippen molar-refractivity contribution >= 4 is 60.7 Å². The molecule has 0 bridgehead atoms. The fourth-order valence-electron chi connectivity index (χ4n) is 2.79. The Kier molecular flexibility index (Phi) is 7.21. The van der Waals surface area contributed by atoms with Crippen LogP contribution < -0.4 is 10.1 Å². The lowest BCUT2D eigenvalue weighted by atomic mass is 10.3. The number of carbonyl (C=O) groups excluding carboxylic acids is 3. The van der Waals surface area contributed by atoms with Crippen LogP contribution in [0.2, 0.25) is 0 Å². The molecule has 0 aliphatic rings. The third-order valence-electron chi connectivity index (χ3n) is 4.20. The molecule has 2 heterocycles. The molecule has 34 heavy (non-hydrogen) atoms. The SMILES string of the molecule is COC(=O)Cn1c(=NC(=O)CS(=O)(=O)CC(=O)Nc2cc(C)on2)sc2cc([N+](=O)[O-])ccc21. The smallest absolute Gasteiger partial charge is 0.325 e. The Balaban J connectivity index is 1.85. The molecule has 1 N–H and O–H groups in total. The first-order valence-corrected chi connectivity index (χ1v) is 12.0. The molecule has 0 saturated heterocycles. The number of anilines is 1. The lowest BCUT2D eigenvalue weighted by Gasteiger charge is -2.04. The number of fused-ring (bicyclic) bond motifs is 1. The van der Waals surface area contributed by atoms with Crippen LogP contribution in [0.4, 0.5) is 11.5 Å². The van der Waals surface area contributed by atoms with Crippen LogP contribution in [0.25, 0.3) is 10.2 Å². The van der Waals surface area contributed by atoms with Crippen LogP contribution in [0.3, 0.4) is 0 Å². The number of aryl methyl sites for hydroxylation is 1. The van der Waals surface area contributed by atoms with E-state index in [-0.39, 0.29) is 22.9 Å². The van der Waals surface area contributed by atoms with Gasteiger partial charge in [-0.05, 0) is 13.0 Å². The number of non-ortho nitro benzene ring substituents is 1. The summed E-state index contributed by atoms with van der Waals surface area (Å²) in [6, 6.07) is 5.22. The fourth-order valence-corrected chi connectivity index (χ4v) is 4.88. The molecule has 0 atom stereocenters. The highest BCUT2D eigenvalue weighted by Crippen LogP contribution is 2.23. The number of amides is 2. The van der Waals surface area contributed by atoms with E-state index in [0.29, 0.717) is 16.0 Å². The van der Waals surface area contributed by atoms with Gasteiger partial charge in [0.1, 0.15) is 23.8 Å². The Morgan fingerprint density at radius 3 is 2.65 bits per heavy atom. The van der Waals surface area contributed by atoms with Gasteiger partial charge >= 0.3 is 5.97 Å². The monoisotopic (exact) mass is 511 g/mol. The van der Waals surface area contributed by atoms with Crippen LogP contribution in [-0.4, -0.2) is 59.5 Å². The van der Waals surface area contributed by atoms with Gasteiger partial charge in [0.15, 0.2) is 20.5 Å². The van der Waals surface area contributed by atoms with Crippen LogP contribution in [0.5, 0.6) is 0 Å². The molecule has 0 aliphatic carbocycles. The van der Waals surface area contributed by atoms with E-state index in [2.05, 4.69) is 20.2 Å². The molecular formula is C18H17N5O9S2. The topological polar surface area (TPSA) is 193 Å². The maximum atomic E-state index is 12.4. The number of nitrogens with one attached hydrogen (secondary N) is 1. The molecule has 0 aliphatic heterocycles. The minimum absolute atomic E-state index is 0.0249. The van der Waals surface area contributed by atoms with Crippen LogP contribution in [0.15, 0.2) is 33.8 Å². The van der Waals surface area contributed by atoms with Crippen LogP contribution >= 0.6 is 11.3 Å². The molecule has 0 saturated carbocycles. The van der Waals surface area contributed by atoms with E-state index in [9.17, 15) is 32.9 Å². The van der Waals surface area contributed by atoms with Gasteiger partial charge in [-0.15, -0.1) is 0 Å². The van der Waals surface area contributed by atoms with Crippen molar-refractivity contribution in [2.45, 2.75) is 13.5 Å². The number of nitrogens with zero attached hydrogens (tertiary/aromatic N) is 4. The summed E-state index contributed by atoms with van der Waals surface area (Å²) in [5.41, 5.74) is 0.144. The van der Waals surface area contributed by atoms with Gasteiger partial charge in [-0.2, -0.15) is 4.99 Å². The second-order valence-corrected chi connectivity index (χ2v) is 9.94. The Hall–Kier alpha value is -3.92. The highest BCUT2D eigenvalue weighted by molar-refractivity contribution is 7.92. The van der Waals surface area contributed by atoms with Gasteiger partial charge in [0.2, 0.25) is 5.91 Å².